The Bertz CT molecular complexity index is 1980. The normalized spacial score (nSPS) is 16.9. The first-order valence-corrected chi connectivity index (χ1v) is 19.4. The number of aromatic nitrogens is 5. The lowest BCUT2D eigenvalue weighted by Gasteiger charge is -2.43. The van der Waals surface area contributed by atoms with Crippen LogP contribution in [-0.2, 0) is 11.0 Å². The number of nitrogens with one attached hydrogen (secondary N) is 3. The molecule has 0 radical (unpaired) electrons. The number of fused-ring (bicyclic) bond motifs is 2. The van der Waals surface area contributed by atoms with Crippen LogP contribution in [0, 0.1) is 0 Å². The molecule has 0 unspecified atom stereocenters. The number of ether oxygens (including phenoxy) is 1. The second-order valence-corrected chi connectivity index (χ2v) is 16.4. The molecule has 0 spiro atoms. The molecule has 12 nitrogen and oxygen atoms in total. The molecule has 252 valence electrons. The molecule has 0 bridgehead atoms. The monoisotopic (exact) mass is 668 g/mol. The van der Waals surface area contributed by atoms with Crippen LogP contribution in [0.15, 0.2) is 48.9 Å². The van der Waals surface area contributed by atoms with Crippen LogP contribution >= 0.6 is 7.14 Å². The van der Waals surface area contributed by atoms with E-state index < -0.39 is 7.14 Å². The van der Waals surface area contributed by atoms with E-state index in [4.69, 9.17) is 14.7 Å². The van der Waals surface area contributed by atoms with E-state index in [9.17, 15) is 4.57 Å². The van der Waals surface area contributed by atoms with Gasteiger partial charge in [0.2, 0.25) is 5.95 Å². The summed E-state index contributed by atoms with van der Waals surface area (Å²) in [7, 11) is 1.16. The highest BCUT2D eigenvalue weighted by molar-refractivity contribution is 7.71. The first-order chi connectivity index (χ1) is 23.2. The number of likely N-dealkylation sites (N-methyl/N-ethyl adjacent to an activating group) is 1. The molecule has 3 aromatic heterocycles. The number of hydrogen-bond donors (Lipinski definition) is 3. The smallest absolute Gasteiger partial charge is 0.231 e. The van der Waals surface area contributed by atoms with E-state index in [1.165, 1.54) is 37.2 Å². The van der Waals surface area contributed by atoms with Gasteiger partial charge in [0.25, 0.3) is 0 Å². The average molecular weight is 669 g/mol. The third-order valence-electron chi connectivity index (χ3n) is 9.71. The van der Waals surface area contributed by atoms with Gasteiger partial charge < -0.3 is 34.7 Å². The maximum atomic E-state index is 13.6. The first-order valence-electron chi connectivity index (χ1n) is 16.8. The minimum absolute atomic E-state index is 0.409. The van der Waals surface area contributed by atoms with Gasteiger partial charge in [0.1, 0.15) is 29.9 Å². The Morgan fingerprint density at radius 2 is 1.73 bits per heavy atom. The Morgan fingerprint density at radius 1 is 0.958 bits per heavy atom. The van der Waals surface area contributed by atoms with E-state index in [0.29, 0.717) is 45.5 Å². The SMILES string of the molecule is CCc1cc(Nc2nc(Nc3ccc4nccnc4c3P(C)(C)=O)c3cc[nH]c3n2)c(OC)cc1N1CCC(N2CCN(C)CC2)CC1. The number of aromatic amines is 1. The zero-order chi connectivity index (χ0) is 33.4. The van der Waals surface area contributed by atoms with Gasteiger partial charge >= 0.3 is 0 Å². The molecule has 0 saturated carbocycles. The summed E-state index contributed by atoms with van der Waals surface area (Å²) in [6.45, 7) is 12.4. The summed E-state index contributed by atoms with van der Waals surface area (Å²) < 4.78 is 19.5. The third-order valence-corrected chi connectivity index (χ3v) is 11.2. The van der Waals surface area contributed by atoms with Crippen LogP contribution < -0.4 is 25.6 Å². The van der Waals surface area contributed by atoms with Crippen LogP contribution in [0.4, 0.5) is 28.8 Å². The van der Waals surface area contributed by atoms with Crippen molar-refractivity contribution in [1.29, 1.82) is 0 Å². The van der Waals surface area contributed by atoms with Crippen LogP contribution in [0.2, 0.25) is 0 Å². The van der Waals surface area contributed by atoms with Crippen molar-refractivity contribution in [1.82, 2.24) is 34.7 Å². The highest BCUT2D eigenvalue weighted by Gasteiger charge is 2.28. The fraction of sp³-hybridized carbons (Fsp3) is 0.429. The summed E-state index contributed by atoms with van der Waals surface area (Å²) in [6.07, 6.45) is 8.34. The molecule has 3 N–H and O–H groups in total. The molecule has 2 saturated heterocycles. The van der Waals surface area contributed by atoms with Gasteiger partial charge in [-0.2, -0.15) is 9.97 Å². The Labute approximate surface area is 281 Å². The van der Waals surface area contributed by atoms with Crippen LogP contribution in [0.1, 0.15) is 25.3 Å². The van der Waals surface area contributed by atoms with Crippen molar-refractivity contribution in [3.05, 3.63) is 54.5 Å². The van der Waals surface area contributed by atoms with Crippen molar-refractivity contribution in [2.24, 2.45) is 0 Å². The molecule has 0 aliphatic carbocycles. The Hall–Kier alpha value is -4.25. The zero-order valence-corrected chi connectivity index (χ0v) is 29.3. The lowest BCUT2D eigenvalue weighted by atomic mass is 9.99. The summed E-state index contributed by atoms with van der Waals surface area (Å²) in [4.78, 5) is 29.5. The number of methoxy groups -OCH3 is 1. The van der Waals surface area contributed by atoms with Crippen molar-refractivity contribution in [2.45, 2.75) is 32.2 Å². The molecular formula is C35H45N10O2P. The number of rotatable bonds is 9. The predicted octanol–water partition coefficient (Wildman–Crippen LogP) is 5.42. The Morgan fingerprint density at radius 3 is 2.46 bits per heavy atom. The number of piperazine rings is 1. The molecule has 0 amide bonds. The van der Waals surface area contributed by atoms with E-state index in [2.05, 4.69) is 66.4 Å². The molecule has 5 aromatic rings. The lowest BCUT2D eigenvalue weighted by Crippen LogP contribution is -2.52. The molecule has 2 aromatic carbocycles. The van der Waals surface area contributed by atoms with E-state index in [-0.39, 0.29) is 0 Å². The number of aryl methyl sites for hydroxylation is 1. The summed E-state index contributed by atoms with van der Waals surface area (Å²) in [6, 6.07) is 10.7. The van der Waals surface area contributed by atoms with Crippen molar-refractivity contribution >= 4 is 63.3 Å². The number of hydrogen-bond acceptors (Lipinski definition) is 11. The van der Waals surface area contributed by atoms with Gasteiger partial charge in [-0.05, 0) is 69.5 Å². The van der Waals surface area contributed by atoms with Gasteiger partial charge in [-0.15, -0.1) is 0 Å². The second-order valence-electron chi connectivity index (χ2n) is 13.2. The van der Waals surface area contributed by atoms with E-state index in [0.717, 1.165) is 49.4 Å². The number of nitrogens with zero attached hydrogens (tertiary/aromatic N) is 7. The van der Waals surface area contributed by atoms with Gasteiger partial charge in [-0.3, -0.25) is 14.9 Å². The number of piperidine rings is 1. The van der Waals surface area contributed by atoms with Crippen molar-refractivity contribution in [3.8, 4) is 5.75 Å². The maximum absolute atomic E-state index is 13.6. The van der Waals surface area contributed by atoms with Crippen molar-refractivity contribution in [3.63, 3.8) is 0 Å². The van der Waals surface area contributed by atoms with E-state index in [1.54, 1.807) is 32.8 Å². The minimum atomic E-state index is -2.76. The maximum Gasteiger partial charge on any atom is 0.231 e. The topological polar surface area (TPSA) is 127 Å². The minimum Gasteiger partial charge on any atom is -0.494 e. The van der Waals surface area contributed by atoms with Crippen LogP contribution in [0.5, 0.6) is 5.75 Å². The van der Waals surface area contributed by atoms with Gasteiger partial charge in [0.15, 0.2) is 0 Å². The van der Waals surface area contributed by atoms with E-state index >= 15 is 0 Å². The number of anilines is 5. The Kier molecular flexibility index (Phi) is 8.98. The van der Waals surface area contributed by atoms with Gasteiger partial charge in [0.05, 0.1) is 34.7 Å². The van der Waals surface area contributed by atoms with Gasteiger partial charge in [0, 0.05) is 75.7 Å². The summed E-state index contributed by atoms with van der Waals surface area (Å²) in [5.74, 6) is 1.73. The molecule has 48 heavy (non-hydrogen) atoms. The molecule has 2 aliphatic heterocycles. The van der Waals surface area contributed by atoms with Crippen LogP contribution in [0.3, 0.4) is 0 Å². The number of benzene rings is 2. The molecule has 0 atom stereocenters. The Balaban J connectivity index is 1.16. The van der Waals surface area contributed by atoms with E-state index in [1.807, 2.05) is 24.4 Å². The van der Waals surface area contributed by atoms with Crippen LogP contribution in [-0.4, -0.2) is 108 Å². The fourth-order valence-corrected chi connectivity index (χ4v) is 8.52. The molecule has 2 fully saturated rings. The zero-order valence-electron chi connectivity index (χ0n) is 28.5. The largest absolute Gasteiger partial charge is 0.494 e. The highest BCUT2D eigenvalue weighted by atomic mass is 31.2. The second kappa shape index (κ2) is 13.3. The average Bonchev–Trinajstić information content (AvgIpc) is 3.57. The highest BCUT2D eigenvalue weighted by Crippen LogP contribution is 2.42. The first kappa shape index (κ1) is 32.3. The molecule has 7 rings (SSSR count). The number of H-pyrrole nitrogens is 1. The summed E-state index contributed by atoms with van der Waals surface area (Å²) >= 11 is 0. The summed E-state index contributed by atoms with van der Waals surface area (Å²) in [5.41, 5.74) is 5.94. The van der Waals surface area contributed by atoms with Crippen molar-refractivity contribution in [2.75, 3.05) is 82.3 Å². The molecule has 2 aliphatic rings. The predicted molar refractivity (Wildman–Crippen MR) is 196 cm³/mol. The molecule has 13 heteroatoms. The van der Waals surface area contributed by atoms with Gasteiger partial charge in [-0.25, -0.2) is 0 Å². The quantitative estimate of drug-likeness (QED) is 0.174. The van der Waals surface area contributed by atoms with Crippen LogP contribution in [0.25, 0.3) is 22.1 Å². The standard InChI is InChI=1S/C35H45N10O2P/c1-6-23-21-28(30(47-3)22-29(23)45-15-10-24(11-16-45)44-19-17-43(2)18-20-44)40-35-41-33-25(9-12-38-33)34(42-35)39-27-8-7-26-31(37-14-13-36-26)32(27)48(4,5)46/h7-9,12-14,21-22,24H,6,10-11,15-20H2,1-5H3,(H3,38,39,40,41,42). The third kappa shape index (κ3) is 6.44. The molecule has 5 heterocycles. The molecular weight excluding hydrogens is 623 g/mol. The van der Waals surface area contributed by atoms with Crippen molar-refractivity contribution < 1.29 is 9.30 Å². The lowest BCUT2D eigenvalue weighted by molar-refractivity contribution is 0.0982. The fourth-order valence-electron chi connectivity index (χ4n) is 7.13. The van der Waals surface area contributed by atoms with Gasteiger partial charge in [-0.1, -0.05) is 6.92 Å². The summed E-state index contributed by atoms with van der Waals surface area (Å²) in [5, 5.41) is 8.37.